The van der Waals surface area contributed by atoms with Crippen LogP contribution < -0.4 is 14.8 Å². The number of carbonyl (C=O) groups is 2. The number of nitrogens with zero attached hydrogens (tertiary/aromatic N) is 1. The van der Waals surface area contributed by atoms with Gasteiger partial charge in [0.2, 0.25) is 0 Å². The molecule has 0 bridgehead atoms. The van der Waals surface area contributed by atoms with Crippen LogP contribution in [0.2, 0.25) is 0 Å². The lowest BCUT2D eigenvalue weighted by atomic mass is 10.1. The van der Waals surface area contributed by atoms with E-state index in [9.17, 15) is 14.9 Å². The minimum absolute atomic E-state index is 0.0806. The van der Waals surface area contributed by atoms with E-state index in [-0.39, 0.29) is 11.3 Å². The first kappa shape index (κ1) is 22.2. The van der Waals surface area contributed by atoms with Crippen molar-refractivity contribution in [2.24, 2.45) is 0 Å². The molecule has 0 saturated heterocycles. The number of ether oxygens (including phenoxy) is 2. The number of nitriles is 1. The zero-order valence-corrected chi connectivity index (χ0v) is 18.2. The lowest BCUT2D eigenvalue weighted by Crippen LogP contribution is -2.14. The number of carbonyl (C=O) groups excluding carboxylic acids is 1. The number of anilines is 1. The van der Waals surface area contributed by atoms with Gasteiger partial charge < -0.3 is 19.9 Å². The summed E-state index contributed by atoms with van der Waals surface area (Å²) in [5.74, 6) is -1.05. The van der Waals surface area contributed by atoms with Gasteiger partial charge in [-0.15, -0.1) is 0 Å². The largest absolute Gasteiger partial charge is 0.493 e. The van der Waals surface area contributed by atoms with Gasteiger partial charge in [0, 0.05) is 5.69 Å². The molecule has 2 aromatic rings. The van der Waals surface area contributed by atoms with E-state index in [1.807, 2.05) is 60.7 Å². The van der Waals surface area contributed by atoms with Crippen molar-refractivity contribution >= 4 is 46.2 Å². The summed E-state index contributed by atoms with van der Waals surface area (Å²) in [4.78, 5) is 23.3. The number of carboxylic acids is 1. The molecule has 7 nitrogen and oxygen atoms in total. The lowest BCUT2D eigenvalue weighted by molar-refractivity contribution is -0.139. The Morgan fingerprint density at radius 1 is 1.28 bits per heavy atom. The first-order valence-corrected chi connectivity index (χ1v) is 9.55. The Hall–Kier alpha value is -3.06. The molecule has 2 rings (SSSR count). The van der Waals surface area contributed by atoms with E-state index in [1.165, 1.54) is 13.2 Å². The Morgan fingerprint density at radius 2 is 2.00 bits per heavy atom. The Bertz CT molecular complexity index is 1020. The van der Waals surface area contributed by atoms with Crippen LogP contribution in [0.4, 0.5) is 5.69 Å². The molecule has 0 aromatic heterocycles. The monoisotopic (exact) mass is 506 g/mol. The number of benzene rings is 2. The molecule has 0 fully saturated rings. The summed E-state index contributed by atoms with van der Waals surface area (Å²) in [7, 11) is 1.42. The summed E-state index contributed by atoms with van der Waals surface area (Å²) in [5, 5.41) is 21.0. The summed E-state index contributed by atoms with van der Waals surface area (Å²) < 4.78 is 11.1. The van der Waals surface area contributed by atoms with Gasteiger partial charge in [-0.2, -0.15) is 5.26 Å². The van der Waals surface area contributed by atoms with E-state index < -0.39 is 18.5 Å². The van der Waals surface area contributed by atoms with Gasteiger partial charge in [-0.1, -0.05) is 12.1 Å². The predicted octanol–water partition coefficient (Wildman–Crippen LogP) is 3.93. The maximum Gasteiger partial charge on any atom is 0.341 e. The molecule has 8 heteroatoms. The summed E-state index contributed by atoms with van der Waals surface area (Å²) in [5.41, 5.74) is 2.98. The minimum atomic E-state index is -1.11. The first-order chi connectivity index (χ1) is 13.7. The van der Waals surface area contributed by atoms with Crippen molar-refractivity contribution in [3.63, 3.8) is 0 Å². The Kier molecular flexibility index (Phi) is 7.61. The maximum atomic E-state index is 12.6. The standard InChI is InChI=1S/C21H19IN2O5/c1-12-4-5-13(2)17(6-12)24-21(27)15(10-23)7-14-8-16(22)20(18(9-14)28-3)29-11-19(25)26/h4-9H,11H2,1-3H3,(H,24,27)(H,25,26)/b15-7+. The fraction of sp³-hybridized carbons (Fsp3) is 0.190. The average Bonchev–Trinajstić information content (AvgIpc) is 2.67. The van der Waals surface area contributed by atoms with Crippen molar-refractivity contribution < 1.29 is 24.2 Å². The zero-order chi connectivity index (χ0) is 21.6. The second-order valence-electron chi connectivity index (χ2n) is 6.16. The van der Waals surface area contributed by atoms with Crippen LogP contribution in [0.15, 0.2) is 35.9 Å². The normalized spacial score (nSPS) is 10.8. The number of carboxylic acid groups (broad SMARTS) is 1. The molecule has 2 N–H and O–H groups in total. The van der Waals surface area contributed by atoms with Gasteiger partial charge in [0.25, 0.3) is 5.91 Å². The smallest absolute Gasteiger partial charge is 0.341 e. The van der Waals surface area contributed by atoms with Gasteiger partial charge in [-0.25, -0.2) is 4.79 Å². The lowest BCUT2D eigenvalue weighted by Gasteiger charge is -2.12. The summed E-state index contributed by atoms with van der Waals surface area (Å²) in [6, 6.07) is 10.8. The third kappa shape index (κ3) is 5.96. The number of hydrogen-bond acceptors (Lipinski definition) is 5. The van der Waals surface area contributed by atoms with E-state index >= 15 is 0 Å². The van der Waals surface area contributed by atoms with Crippen molar-refractivity contribution in [2.75, 3.05) is 19.0 Å². The highest BCUT2D eigenvalue weighted by molar-refractivity contribution is 14.1. The van der Waals surface area contributed by atoms with Crippen molar-refractivity contribution in [1.29, 1.82) is 5.26 Å². The minimum Gasteiger partial charge on any atom is -0.493 e. The molecule has 0 heterocycles. The van der Waals surface area contributed by atoms with Crippen LogP contribution in [0, 0.1) is 28.7 Å². The maximum absolute atomic E-state index is 12.6. The van der Waals surface area contributed by atoms with Crippen molar-refractivity contribution in [1.82, 2.24) is 0 Å². The van der Waals surface area contributed by atoms with E-state index in [1.54, 1.807) is 12.1 Å². The fourth-order valence-corrected chi connectivity index (χ4v) is 3.25. The van der Waals surface area contributed by atoms with Crippen molar-refractivity contribution in [2.45, 2.75) is 13.8 Å². The van der Waals surface area contributed by atoms with E-state index in [0.29, 0.717) is 20.6 Å². The average molecular weight is 506 g/mol. The summed E-state index contributed by atoms with van der Waals surface area (Å²) >= 11 is 1.97. The molecule has 29 heavy (non-hydrogen) atoms. The third-order valence-corrected chi connectivity index (χ3v) is 4.71. The van der Waals surface area contributed by atoms with Gasteiger partial charge in [0.15, 0.2) is 18.1 Å². The van der Waals surface area contributed by atoms with Crippen molar-refractivity contribution in [3.8, 4) is 17.6 Å². The number of hydrogen-bond donors (Lipinski definition) is 2. The summed E-state index contributed by atoms with van der Waals surface area (Å²) in [6.45, 7) is 3.27. The topological polar surface area (TPSA) is 109 Å². The van der Waals surface area contributed by atoms with E-state index in [4.69, 9.17) is 14.6 Å². The number of aryl methyl sites for hydroxylation is 2. The van der Waals surface area contributed by atoms with Crippen LogP contribution in [0.25, 0.3) is 6.08 Å². The molecule has 2 aromatic carbocycles. The zero-order valence-electron chi connectivity index (χ0n) is 16.1. The Labute approximate surface area is 182 Å². The Morgan fingerprint density at radius 3 is 2.62 bits per heavy atom. The SMILES string of the molecule is COc1cc(/C=C(\C#N)C(=O)Nc2cc(C)ccc2C)cc(I)c1OCC(=O)O. The van der Waals surface area contributed by atoms with Crippen LogP contribution in [0.1, 0.15) is 16.7 Å². The molecule has 0 atom stereocenters. The number of amides is 1. The number of aliphatic carboxylic acids is 1. The van der Waals surface area contributed by atoms with Crippen LogP contribution in [-0.4, -0.2) is 30.7 Å². The molecular weight excluding hydrogens is 487 g/mol. The molecule has 0 aliphatic rings. The highest BCUT2D eigenvalue weighted by Crippen LogP contribution is 2.34. The van der Waals surface area contributed by atoms with E-state index in [2.05, 4.69) is 5.32 Å². The Balaban J connectivity index is 2.33. The number of halogens is 1. The second-order valence-corrected chi connectivity index (χ2v) is 7.32. The number of rotatable bonds is 7. The van der Waals surface area contributed by atoms with Crippen LogP contribution in [0.5, 0.6) is 11.5 Å². The van der Waals surface area contributed by atoms with Gasteiger partial charge in [-0.05, 0) is 77.4 Å². The van der Waals surface area contributed by atoms with Crippen LogP contribution in [-0.2, 0) is 9.59 Å². The van der Waals surface area contributed by atoms with Gasteiger partial charge in [0.05, 0.1) is 10.7 Å². The molecule has 1 amide bonds. The predicted molar refractivity (Wildman–Crippen MR) is 117 cm³/mol. The third-order valence-electron chi connectivity index (χ3n) is 3.91. The van der Waals surface area contributed by atoms with Crippen LogP contribution in [0.3, 0.4) is 0 Å². The molecule has 0 saturated carbocycles. The summed E-state index contributed by atoms with van der Waals surface area (Å²) in [6.07, 6.45) is 1.44. The molecular formula is C21H19IN2O5. The molecule has 0 spiro atoms. The first-order valence-electron chi connectivity index (χ1n) is 8.47. The molecule has 0 unspecified atom stereocenters. The number of nitrogens with one attached hydrogen (secondary N) is 1. The highest BCUT2D eigenvalue weighted by Gasteiger charge is 2.15. The van der Waals surface area contributed by atoms with Gasteiger partial charge >= 0.3 is 5.97 Å². The quantitative estimate of drug-likeness (QED) is 0.335. The highest BCUT2D eigenvalue weighted by atomic mass is 127. The molecule has 150 valence electrons. The van der Waals surface area contributed by atoms with E-state index in [0.717, 1.165) is 11.1 Å². The van der Waals surface area contributed by atoms with Gasteiger partial charge in [0.1, 0.15) is 11.6 Å². The molecule has 0 aliphatic carbocycles. The second kappa shape index (κ2) is 9.93. The van der Waals surface area contributed by atoms with Crippen LogP contribution >= 0.6 is 22.6 Å². The number of methoxy groups -OCH3 is 1. The molecule has 0 aliphatic heterocycles. The fourth-order valence-electron chi connectivity index (χ4n) is 2.47. The van der Waals surface area contributed by atoms with Crippen molar-refractivity contribution in [3.05, 3.63) is 56.2 Å². The van der Waals surface area contributed by atoms with Gasteiger partial charge in [-0.3, -0.25) is 4.79 Å². The molecule has 0 radical (unpaired) electrons.